The fourth-order valence-corrected chi connectivity index (χ4v) is 4.25. The predicted octanol–water partition coefficient (Wildman–Crippen LogP) is 4.80. The fourth-order valence-electron chi connectivity index (χ4n) is 3.19. The molecule has 0 saturated carbocycles. The van der Waals surface area contributed by atoms with E-state index in [4.69, 9.17) is 4.74 Å². The van der Waals surface area contributed by atoms with E-state index in [9.17, 15) is 26.4 Å². The lowest BCUT2D eigenvalue weighted by Gasteiger charge is -2.13. The first-order chi connectivity index (χ1) is 16.0. The topological polar surface area (TPSA) is 84.5 Å². The van der Waals surface area contributed by atoms with E-state index in [2.05, 4.69) is 10.0 Å². The number of carbonyl (C=O) groups is 1. The summed E-state index contributed by atoms with van der Waals surface area (Å²) in [7, 11) is -2.36. The molecule has 34 heavy (non-hydrogen) atoms. The lowest BCUT2D eigenvalue weighted by molar-refractivity contribution is -0.137. The van der Waals surface area contributed by atoms with Crippen LogP contribution in [-0.4, -0.2) is 28.0 Å². The highest BCUT2D eigenvalue weighted by molar-refractivity contribution is 7.89. The largest absolute Gasteiger partial charge is 0.497 e. The number of alkyl halides is 3. The zero-order valence-corrected chi connectivity index (χ0v) is 19.3. The van der Waals surface area contributed by atoms with Crippen molar-refractivity contribution >= 4 is 21.6 Å². The van der Waals surface area contributed by atoms with E-state index in [1.165, 1.54) is 30.3 Å². The van der Waals surface area contributed by atoms with Crippen LogP contribution in [0, 0.1) is 6.92 Å². The Morgan fingerprint density at radius 1 is 1.00 bits per heavy atom. The maximum Gasteiger partial charge on any atom is 0.416 e. The van der Waals surface area contributed by atoms with Crippen molar-refractivity contribution in [2.75, 3.05) is 19.0 Å². The van der Waals surface area contributed by atoms with Gasteiger partial charge in [-0.2, -0.15) is 13.2 Å². The van der Waals surface area contributed by atoms with Crippen molar-refractivity contribution in [2.24, 2.45) is 0 Å². The van der Waals surface area contributed by atoms with Gasteiger partial charge in [-0.1, -0.05) is 24.3 Å². The third-order valence-corrected chi connectivity index (χ3v) is 6.54. The SMILES string of the molecule is COc1ccc(CCNS(=O)(=O)c2ccc(C)c(C(=O)Nc3cccc(C(F)(F)F)c3)c2)cc1. The molecule has 180 valence electrons. The van der Waals surface area contributed by atoms with Gasteiger partial charge in [0, 0.05) is 17.8 Å². The third kappa shape index (κ3) is 6.36. The van der Waals surface area contributed by atoms with Crippen LogP contribution in [-0.2, 0) is 22.6 Å². The van der Waals surface area contributed by atoms with Gasteiger partial charge in [-0.15, -0.1) is 0 Å². The second kappa shape index (κ2) is 10.3. The summed E-state index contributed by atoms with van der Waals surface area (Å²) in [5.41, 5.74) is 0.468. The molecule has 2 N–H and O–H groups in total. The van der Waals surface area contributed by atoms with Crippen LogP contribution in [0.2, 0.25) is 0 Å². The van der Waals surface area contributed by atoms with Crippen LogP contribution in [0.3, 0.4) is 0 Å². The van der Waals surface area contributed by atoms with E-state index in [0.717, 1.165) is 17.7 Å². The molecule has 0 unspecified atom stereocenters. The molecule has 1 amide bonds. The van der Waals surface area contributed by atoms with E-state index in [-0.39, 0.29) is 22.7 Å². The van der Waals surface area contributed by atoms with Gasteiger partial charge in [0.2, 0.25) is 10.0 Å². The van der Waals surface area contributed by atoms with E-state index in [1.807, 2.05) is 12.1 Å². The first kappa shape index (κ1) is 25.3. The lowest BCUT2D eigenvalue weighted by atomic mass is 10.1. The number of nitrogens with one attached hydrogen (secondary N) is 2. The minimum atomic E-state index is -4.55. The molecule has 3 aromatic rings. The van der Waals surface area contributed by atoms with Crippen LogP contribution in [0.25, 0.3) is 0 Å². The first-order valence-corrected chi connectivity index (χ1v) is 11.7. The number of ether oxygens (including phenoxy) is 1. The lowest BCUT2D eigenvalue weighted by Crippen LogP contribution is -2.26. The van der Waals surface area contributed by atoms with Gasteiger partial charge in [0.1, 0.15) is 5.75 Å². The quantitative estimate of drug-likeness (QED) is 0.473. The molecule has 6 nitrogen and oxygen atoms in total. The number of sulfonamides is 1. The molecule has 0 heterocycles. The molecule has 0 aliphatic carbocycles. The molecule has 0 atom stereocenters. The summed E-state index contributed by atoms with van der Waals surface area (Å²) in [6.07, 6.45) is -4.11. The number of methoxy groups -OCH3 is 1. The Hall–Kier alpha value is -3.37. The number of aryl methyl sites for hydroxylation is 1. The minimum absolute atomic E-state index is 0.0374. The minimum Gasteiger partial charge on any atom is -0.497 e. The number of hydrogen-bond acceptors (Lipinski definition) is 4. The Bertz CT molecular complexity index is 1270. The molecule has 0 aromatic heterocycles. The monoisotopic (exact) mass is 492 g/mol. The first-order valence-electron chi connectivity index (χ1n) is 10.2. The molecule has 0 fully saturated rings. The van der Waals surface area contributed by atoms with E-state index in [0.29, 0.717) is 17.7 Å². The number of halogens is 3. The maximum absolute atomic E-state index is 12.9. The summed E-state index contributed by atoms with van der Waals surface area (Å²) >= 11 is 0. The fraction of sp³-hybridized carbons (Fsp3) is 0.208. The molecule has 3 aromatic carbocycles. The van der Waals surface area contributed by atoms with Gasteiger partial charge in [-0.05, 0) is 66.9 Å². The van der Waals surface area contributed by atoms with Crippen LogP contribution in [0.4, 0.5) is 18.9 Å². The highest BCUT2D eigenvalue weighted by Crippen LogP contribution is 2.31. The Morgan fingerprint density at radius 2 is 1.71 bits per heavy atom. The number of rotatable bonds is 8. The van der Waals surface area contributed by atoms with E-state index < -0.39 is 27.7 Å². The summed E-state index contributed by atoms with van der Waals surface area (Å²) in [5, 5.41) is 2.40. The van der Waals surface area contributed by atoms with Gasteiger partial charge in [0.25, 0.3) is 5.91 Å². The Balaban J connectivity index is 1.72. The summed E-state index contributed by atoms with van der Waals surface area (Å²) in [4.78, 5) is 12.6. The Labute approximate surface area is 195 Å². The van der Waals surface area contributed by atoms with Crippen molar-refractivity contribution in [1.29, 1.82) is 0 Å². The second-order valence-electron chi connectivity index (χ2n) is 7.51. The van der Waals surface area contributed by atoms with Crippen molar-refractivity contribution in [3.05, 3.63) is 89.0 Å². The van der Waals surface area contributed by atoms with Gasteiger partial charge in [-0.3, -0.25) is 4.79 Å². The highest BCUT2D eigenvalue weighted by Gasteiger charge is 2.30. The Morgan fingerprint density at radius 3 is 2.35 bits per heavy atom. The second-order valence-corrected chi connectivity index (χ2v) is 9.27. The number of benzene rings is 3. The van der Waals surface area contributed by atoms with Crippen LogP contribution in [0.5, 0.6) is 5.75 Å². The number of hydrogen-bond donors (Lipinski definition) is 2. The van der Waals surface area contributed by atoms with E-state index in [1.54, 1.807) is 26.2 Å². The van der Waals surface area contributed by atoms with Crippen LogP contribution < -0.4 is 14.8 Å². The average molecular weight is 493 g/mol. The van der Waals surface area contributed by atoms with Crippen molar-refractivity contribution in [2.45, 2.75) is 24.4 Å². The van der Waals surface area contributed by atoms with Crippen LogP contribution in [0.15, 0.2) is 71.6 Å². The molecular weight excluding hydrogens is 469 g/mol. The Kier molecular flexibility index (Phi) is 7.63. The number of anilines is 1. The van der Waals surface area contributed by atoms with E-state index >= 15 is 0 Å². The predicted molar refractivity (Wildman–Crippen MR) is 122 cm³/mol. The van der Waals surface area contributed by atoms with Crippen molar-refractivity contribution in [3.63, 3.8) is 0 Å². The van der Waals surface area contributed by atoms with Crippen molar-refractivity contribution in [1.82, 2.24) is 4.72 Å². The normalized spacial score (nSPS) is 11.8. The zero-order valence-electron chi connectivity index (χ0n) is 18.4. The molecule has 0 bridgehead atoms. The van der Waals surface area contributed by atoms with Crippen molar-refractivity contribution in [3.8, 4) is 5.75 Å². The average Bonchev–Trinajstić information content (AvgIpc) is 2.79. The number of carbonyl (C=O) groups excluding carboxylic acids is 1. The summed E-state index contributed by atoms with van der Waals surface area (Å²) in [5.74, 6) is -0.0213. The molecule has 0 spiro atoms. The standard InChI is InChI=1S/C24H23F3N2O4S/c1-16-6-11-21(34(31,32)28-13-12-17-7-9-20(33-2)10-8-17)15-22(16)23(30)29-19-5-3-4-18(14-19)24(25,26)27/h3-11,14-15,28H,12-13H2,1-2H3,(H,29,30). The van der Waals surface area contributed by atoms with Gasteiger partial charge < -0.3 is 10.1 Å². The summed E-state index contributed by atoms with van der Waals surface area (Å²) in [6, 6.07) is 15.5. The molecule has 10 heteroatoms. The van der Waals surface area contributed by atoms with Gasteiger partial charge in [0.15, 0.2) is 0 Å². The zero-order chi connectivity index (χ0) is 24.9. The molecule has 0 aliphatic heterocycles. The molecule has 3 rings (SSSR count). The molecular formula is C24H23F3N2O4S. The number of amides is 1. The summed E-state index contributed by atoms with van der Waals surface area (Å²) < 4.78 is 71.8. The van der Waals surface area contributed by atoms with Gasteiger partial charge >= 0.3 is 6.18 Å². The van der Waals surface area contributed by atoms with Gasteiger partial charge in [0.05, 0.1) is 17.6 Å². The molecule has 0 radical (unpaired) electrons. The van der Waals surface area contributed by atoms with Gasteiger partial charge in [-0.25, -0.2) is 13.1 Å². The van der Waals surface area contributed by atoms with Crippen LogP contribution in [0.1, 0.15) is 27.0 Å². The maximum atomic E-state index is 12.9. The van der Waals surface area contributed by atoms with Crippen molar-refractivity contribution < 1.29 is 31.1 Å². The molecule has 0 aliphatic rings. The highest BCUT2D eigenvalue weighted by atomic mass is 32.2. The van der Waals surface area contributed by atoms with Crippen LogP contribution >= 0.6 is 0 Å². The third-order valence-electron chi connectivity index (χ3n) is 5.08. The summed E-state index contributed by atoms with van der Waals surface area (Å²) in [6.45, 7) is 1.74. The smallest absolute Gasteiger partial charge is 0.416 e. The molecule has 0 saturated heterocycles.